The number of allylic oxidation sites excluding steroid dienone is 1. The van der Waals surface area contributed by atoms with Gasteiger partial charge < -0.3 is 30.0 Å². The quantitative estimate of drug-likeness (QED) is 0.507. The molecule has 2 aromatic carbocycles. The van der Waals surface area contributed by atoms with Crippen LogP contribution in [0.5, 0.6) is 23.0 Å². The number of fused-ring (bicyclic) bond motifs is 1. The largest absolute Gasteiger partial charge is 0.495 e. The molecule has 0 saturated carbocycles. The van der Waals surface area contributed by atoms with Crippen LogP contribution in [0, 0.1) is 0 Å². The van der Waals surface area contributed by atoms with Crippen molar-refractivity contribution in [1.82, 2.24) is 0 Å². The molecule has 3 N–H and O–H groups in total. The highest BCUT2D eigenvalue weighted by molar-refractivity contribution is 6.11. The molecule has 1 aliphatic heterocycles. The molecule has 1 aliphatic rings. The topological polar surface area (TPSA) is 109 Å². The standard InChI is InChI=1S/C22H24N2O6/c1-4-28-18-9-15(10-19-22(18)30-12-29-19)21(26)13(2)7-14-5-6-17(27-3)16(8-14)24-20(25)11-23/h5-10H,4,11-12,23H2,1-3H3,(H,24,25). The fraction of sp³-hybridized carbons (Fsp3) is 0.273. The molecule has 1 heterocycles. The minimum absolute atomic E-state index is 0.0883. The van der Waals surface area contributed by atoms with Crippen LogP contribution in [-0.2, 0) is 4.79 Å². The summed E-state index contributed by atoms with van der Waals surface area (Å²) in [5.41, 5.74) is 7.50. The molecule has 0 saturated heterocycles. The molecule has 0 aliphatic carbocycles. The number of Topliss-reactive ketones (excluding diaryl/α,β-unsaturated/α-hetero) is 1. The monoisotopic (exact) mass is 412 g/mol. The lowest BCUT2D eigenvalue weighted by Crippen LogP contribution is -2.22. The van der Waals surface area contributed by atoms with Crippen LogP contribution in [0.4, 0.5) is 5.69 Å². The van der Waals surface area contributed by atoms with E-state index < -0.39 is 0 Å². The SMILES string of the molecule is CCOc1cc(C(=O)C(C)=Cc2ccc(OC)c(NC(=O)CN)c2)cc2c1OCO2. The molecular weight excluding hydrogens is 388 g/mol. The number of benzene rings is 2. The van der Waals surface area contributed by atoms with E-state index in [0.717, 1.165) is 5.56 Å². The van der Waals surface area contributed by atoms with Gasteiger partial charge in [0.2, 0.25) is 18.4 Å². The second-order valence-electron chi connectivity index (χ2n) is 6.51. The Balaban J connectivity index is 1.90. The number of nitrogens with two attached hydrogens (primary N) is 1. The van der Waals surface area contributed by atoms with Crippen LogP contribution < -0.4 is 30.0 Å². The van der Waals surface area contributed by atoms with Gasteiger partial charge in [0.25, 0.3) is 0 Å². The third kappa shape index (κ3) is 4.55. The van der Waals surface area contributed by atoms with Crippen molar-refractivity contribution in [3.63, 3.8) is 0 Å². The van der Waals surface area contributed by atoms with Crippen molar-refractivity contribution in [1.29, 1.82) is 0 Å². The van der Waals surface area contributed by atoms with Crippen molar-refractivity contribution in [2.75, 3.05) is 32.4 Å². The molecule has 0 radical (unpaired) electrons. The Morgan fingerprint density at radius 2 is 2.00 bits per heavy atom. The van der Waals surface area contributed by atoms with Crippen LogP contribution in [0.2, 0.25) is 0 Å². The summed E-state index contributed by atoms with van der Waals surface area (Å²) in [5, 5.41) is 2.69. The second kappa shape index (κ2) is 9.32. The number of ketones is 1. The fourth-order valence-electron chi connectivity index (χ4n) is 3.03. The van der Waals surface area contributed by atoms with Crippen LogP contribution in [0.1, 0.15) is 29.8 Å². The maximum atomic E-state index is 13.0. The number of methoxy groups -OCH3 is 1. The molecule has 1 amide bonds. The highest BCUT2D eigenvalue weighted by atomic mass is 16.7. The smallest absolute Gasteiger partial charge is 0.238 e. The number of ether oxygens (including phenoxy) is 4. The molecule has 3 rings (SSSR count). The van der Waals surface area contributed by atoms with Crippen LogP contribution in [0.25, 0.3) is 6.08 Å². The molecule has 8 heteroatoms. The summed E-state index contributed by atoms with van der Waals surface area (Å²) in [5.74, 6) is 1.43. The highest BCUT2D eigenvalue weighted by Crippen LogP contribution is 2.42. The van der Waals surface area contributed by atoms with E-state index in [1.807, 2.05) is 6.92 Å². The minimum Gasteiger partial charge on any atom is -0.495 e. The summed E-state index contributed by atoms with van der Waals surface area (Å²) < 4.78 is 21.7. The average Bonchev–Trinajstić information content (AvgIpc) is 3.22. The molecule has 0 fully saturated rings. The van der Waals surface area contributed by atoms with Gasteiger partial charge in [-0.3, -0.25) is 9.59 Å². The Morgan fingerprint density at radius 1 is 1.20 bits per heavy atom. The Labute approximate surface area is 174 Å². The van der Waals surface area contributed by atoms with Gasteiger partial charge >= 0.3 is 0 Å². The van der Waals surface area contributed by atoms with Crippen LogP contribution in [-0.4, -0.2) is 38.7 Å². The molecule has 0 unspecified atom stereocenters. The van der Waals surface area contributed by atoms with Crippen molar-refractivity contribution in [2.24, 2.45) is 5.73 Å². The first-order valence-corrected chi connectivity index (χ1v) is 9.44. The number of nitrogens with one attached hydrogen (secondary N) is 1. The molecule has 0 aromatic heterocycles. The summed E-state index contributed by atoms with van der Waals surface area (Å²) in [6.45, 7) is 3.95. The molecule has 8 nitrogen and oxygen atoms in total. The zero-order valence-electron chi connectivity index (χ0n) is 17.1. The number of anilines is 1. The van der Waals surface area contributed by atoms with Gasteiger partial charge in [0, 0.05) is 5.56 Å². The molecule has 2 aromatic rings. The third-order valence-corrected chi connectivity index (χ3v) is 4.42. The Hall–Kier alpha value is -3.52. The Morgan fingerprint density at radius 3 is 2.70 bits per heavy atom. The lowest BCUT2D eigenvalue weighted by atomic mass is 10.0. The maximum absolute atomic E-state index is 13.0. The highest BCUT2D eigenvalue weighted by Gasteiger charge is 2.23. The number of rotatable bonds is 8. The zero-order valence-corrected chi connectivity index (χ0v) is 17.1. The average molecular weight is 412 g/mol. The minimum atomic E-state index is -0.342. The predicted octanol–water partition coefficient (Wildman–Crippen LogP) is 3.01. The first-order chi connectivity index (χ1) is 14.5. The number of hydrogen-bond acceptors (Lipinski definition) is 7. The van der Waals surface area contributed by atoms with Gasteiger partial charge in [-0.2, -0.15) is 0 Å². The van der Waals surface area contributed by atoms with Gasteiger partial charge in [0.05, 0.1) is 25.9 Å². The van der Waals surface area contributed by atoms with Crippen molar-refractivity contribution in [3.05, 3.63) is 47.0 Å². The fourth-order valence-corrected chi connectivity index (χ4v) is 3.03. The van der Waals surface area contributed by atoms with Gasteiger partial charge in [0.15, 0.2) is 17.3 Å². The molecule has 0 atom stereocenters. The van der Waals surface area contributed by atoms with E-state index in [2.05, 4.69) is 5.32 Å². The van der Waals surface area contributed by atoms with E-state index in [1.165, 1.54) is 7.11 Å². The van der Waals surface area contributed by atoms with Gasteiger partial charge in [0.1, 0.15) is 5.75 Å². The predicted molar refractivity (Wildman–Crippen MR) is 112 cm³/mol. The van der Waals surface area contributed by atoms with Crippen LogP contribution in [0.3, 0.4) is 0 Å². The van der Waals surface area contributed by atoms with E-state index in [4.69, 9.17) is 24.7 Å². The summed E-state index contributed by atoms with van der Waals surface area (Å²) in [7, 11) is 1.51. The van der Waals surface area contributed by atoms with Crippen LogP contribution >= 0.6 is 0 Å². The van der Waals surface area contributed by atoms with E-state index in [1.54, 1.807) is 43.3 Å². The van der Waals surface area contributed by atoms with Crippen molar-refractivity contribution in [3.8, 4) is 23.0 Å². The van der Waals surface area contributed by atoms with Crippen molar-refractivity contribution >= 4 is 23.5 Å². The lowest BCUT2D eigenvalue weighted by molar-refractivity contribution is -0.114. The van der Waals surface area contributed by atoms with Crippen molar-refractivity contribution in [2.45, 2.75) is 13.8 Å². The number of carbonyl (C=O) groups excluding carboxylic acids is 2. The summed E-state index contributed by atoms with van der Waals surface area (Å²) in [6, 6.07) is 8.51. The van der Waals surface area contributed by atoms with E-state index in [9.17, 15) is 9.59 Å². The maximum Gasteiger partial charge on any atom is 0.238 e. The molecule has 30 heavy (non-hydrogen) atoms. The van der Waals surface area contributed by atoms with Gasteiger partial charge in [-0.25, -0.2) is 0 Å². The number of amides is 1. The van der Waals surface area contributed by atoms with E-state index >= 15 is 0 Å². The number of hydrogen-bond donors (Lipinski definition) is 2. The zero-order chi connectivity index (χ0) is 21.7. The van der Waals surface area contributed by atoms with Crippen LogP contribution in [0.15, 0.2) is 35.9 Å². The molecule has 0 bridgehead atoms. The van der Waals surface area contributed by atoms with Crippen molar-refractivity contribution < 1.29 is 28.5 Å². The van der Waals surface area contributed by atoms with Gasteiger partial charge in [-0.15, -0.1) is 0 Å². The number of carbonyl (C=O) groups is 2. The first kappa shape index (κ1) is 21.2. The molecule has 0 spiro atoms. The Bertz CT molecular complexity index is 999. The summed E-state index contributed by atoms with van der Waals surface area (Å²) in [6.07, 6.45) is 1.73. The van der Waals surface area contributed by atoms with E-state index in [0.29, 0.717) is 46.4 Å². The summed E-state index contributed by atoms with van der Waals surface area (Å²) in [4.78, 5) is 24.7. The van der Waals surface area contributed by atoms with Gasteiger partial charge in [-0.05, 0) is 55.3 Å². The lowest BCUT2D eigenvalue weighted by Gasteiger charge is -2.11. The first-order valence-electron chi connectivity index (χ1n) is 9.44. The summed E-state index contributed by atoms with van der Waals surface area (Å²) >= 11 is 0. The normalized spacial score (nSPS) is 12.5. The molecular formula is C22H24N2O6. The molecule has 158 valence electrons. The second-order valence-corrected chi connectivity index (χ2v) is 6.51. The van der Waals surface area contributed by atoms with Gasteiger partial charge in [-0.1, -0.05) is 6.07 Å². The Kier molecular flexibility index (Phi) is 6.58. The third-order valence-electron chi connectivity index (χ3n) is 4.42. The van der Waals surface area contributed by atoms with E-state index in [-0.39, 0.29) is 25.0 Å².